The van der Waals surface area contributed by atoms with Crippen molar-refractivity contribution in [2.45, 2.75) is 20.3 Å². The Hall–Kier alpha value is -3.41. The fourth-order valence-corrected chi connectivity index (χ4v) is 2.69. The van der Waals surface area contributed by atoms with Crippen molar-refractivity contribution in [2.75, 3.05) is 24.3 Å². The number of aromatic nitrogens is 2. The Morgan fingerprint density at radius 2 is 1.75 bits per heavy atom. The standard InChI is InChI=1S/C22H24N4O2/c1-15-4-7-18(14-16(15)2)24-22(27)20-10-11-21(26-25-20)23-13-12-17-5-8-19(28-3)9-6-17/h4-11,14H,12-13H2,1-3H3,(H,23,26)(H,24,27). The minimum absolute atomic E-state index is 0.277. The molecule has 2 N–H and O–H groups in total. The van der Waals surface area contributed by atoms with E-state index in [-0.39, 0.29) is 11.6 Å². The molecule has 6 nitrogen and oxygen atoms in total. The van der Waals surface area contributed by atoms with Crippen molar-refractivity contribution < 1.29 is 9.53 Å². The van der Waals surface area contributed by atoms with Crippen LogP contribution in [0, 0.1) is 13.8 Å². The molecule has 2 aromatic carbocycles. The summed E-state index contributed by atoms with van der Waals surface area (Å²) in [6.07, 6.45) is 0.848. The second kappa shape index (κ2) is 8.99. The maximum absolute atomic E-state index is 12.3. The lowest BCUT2D eigenvalue weighted by Gasteiger charge is -2.08. The number of anilines is 2. The summed E-state index contributed by atoms with van der Waals surface area (Å²) in [5, 5.41) is 14.2. The molecule has 0 saturated heterocycles. The molecule has 0 atom stereocenters. The number of amides is 1. The van der Waals surface area contributed by atoms with E-state index in [0.29, 0.717) is 5.82 Å². The lowest BCUT2D eigenvalue weighted by molar-refractivity contribution is 0.102. The van der Waals surface area contributed by atoms with E-state index in [1.54, 1.807) is 19.2 Å². The lowest BCUT2D eigenvalue weighted by atomic mass is 10.1. The quantitative estimate of drug-likeness (QED) is 0.652. The van der Waals surface area contributed by atoms with Gasteiger partial charge in [0, 0.05) is 12.2 Å². The molecule has 0 spiro atoms. The summed E-state index contributed by atoms with van der Waals surface area (Å²) in [4.78, 5) is 12.3. The molecule has 0 aliphatic rings. The smallest absolute Gasteiger partial charge is 0.276 e. The number of hydrogen-bond acceptors (Lipinski definition) is 5. The summed E-state index contributed by atoms with van der Waals surface area (Å²) < 4.78 is 5.16. The molecule has 0 bridgehead atoms. The van der Waals surface area contributed by atoms with Gasteiger partial charge in [0.15, 0.2) is 5.69 Å². The van der Waals surface area contributed by atoms with Crippen LogP contribution in [0.3, 0.4) is 0 Å². The van der Waals surface area contributed by atoms with Crippen molar-refractivity contribution in [2.24, 2.45) is 0 Å². The number of hydrogen-bond donors (Lipinski definition) is 2. The molecule has 1 amide bonds. The third-order valence-corrected chi connectivity index (χ3v) is 4.54. The van der Waals surface area contributed by atoms with Gasteiger partial charge in [-0.1, -0.05) is 18.2 Å². The Bertz CT molecular complexity index is 938. The Morgan fingerprint density at radius 1 is 0.964 bits per heavy atom. The SMILES string of the molecule is COc1ccc(CCNc2ccc(C(=O)Nc3ccc(C)c(C)c3)nn2)cc1. The van der Waals surface area contributed by atoms with Crippen LogP contribution in [-0.4, -0.2) is 29.8 Å². The minimum Gasteiger partial charge on any atom is -0.497 e. The van der Waals surface area contributed by atoms with Crippen LogP contribution in [0.5, 0.6) is 5.75 Å². The highest BCUT2D eigenvalue weighted by Gasteiger charge is 2.09. The largest absolute Gasteiger partial charge is 0.497 e. The van der Waals surface area contributed by atoms with E-state index in [1.807, 2.05) is 56.3 Å². The van der Waals surface area contributed by atoms with Gasteiger partial charge in [-0.25, -0.2) is 0 Å². The highest BCUT2D eigenvalue weighted by Crippen LogP contribution is 2.15. The number of nitrogens with one attached hydrogen (secondary N) is 2. The van der Waals surface area contributed by atoms with Crippen molar-refractivity contribution in [1.82, 2.24) is 10.2 Å². The van der Waals surface area contributed by atoms with Crippen LogP contribution in [0.15, 0.2) is 54.6 Å². The zero-order valence-electron chi connectivity index (χ0n) is 16.3. The molecule has 1 aromatic heterocycles. The van der Waals surface area contributed by atoms with Crippen molar-refractivity contribution in [1.29, 1.82) is 0 Å². The van der Waals surface area contributed by atoms with Crippen LogP contribution in [0.4, 0.5) is 11.5 Å². The van der Waals surface area contributed by atoms with Crippen molar-refractivity contribution in [3.05, 3.63) is 77.0 Å². The number of benzene rings is 2. The van der Waals surface area contributed by atoms with Gasteiger partial charge in [0.2, 0.25) is 0 Å². The average molecular weight is 376 g/mol. The molecule has 1 heterocycles. The Morgan fingerprint density at radius 3 is 2.39 bits per heavy atom. The van der Waals surface area contributed by atoms with E-state index in [1.165, 1.54) is 11.1 Å². The first-order chi connectivity index (χ1) is 13.5. The topological polar surface area (TPSA) is 76.1 Å². The van der Waals surface area contributed by atoms with Crippen molar-refractivity contribution in [3.63, 3.8) is 0 Å². The molecular formula is C22H24N4O2. The second-order valence-electron chi connectivity index (χ2n) is 6.58. The fraction of sp³-hybridized carbons (Fsp3) is 0.227. The third kappa shape index (κ3) is 5.07. The summed E-state index contributed by atoms with van der Waals surface area (Å²) in [7, 11) is 1.65. The zero-order valence-corrected chi connectivity index (χ0v) is 16.3. The normalized spacial score (nSPS) is 10.4. The van der Waals surface area contributed by atoms with Gasteiger partial charge in [-0.3, -0.25) is 4.79 Å². The summed E-state index contributed by atoms with van der Waals surface area (Å²) >= 11 is 0. The number of methoxy groups -OCH3 is 1. The van der Waals surface area contributed by atoms with Gasteiger partial charge >= 0.3 is 0 Å². The lowest BCUT2D eigenvalue weighted by Crippen LogP contribution is -2.15. The number of aryl methyl sites for hydroxylation is 2. The van der Waals surface area contributed by atoms with Gasteiger partial charge in [0.1, 0.15) is 11.6 Å². The van der Waals surface area contributed by atoms with Crippen molar-refractivity contribution in [3.8, 4) is 5.75 Å². The minimum atomic E-state index is -0.277. The van der Waals surface area contributed by atoms with E-state index in [2.05, 4.69) is 20.8 Å². The maximum atomic E-state index is 12.3. The fourth-order valence-electron chi connectivity index (χ4n) is 2.69. The predicted molar refractivity (Wildman–Crippen MR) is 111 cm³/mol. The first kappa shape index (κ1) is 19.4. The summed E-state index contributed by atoms with van der Waals surface area (Å²) in [6, 6.07) is 17.2. The van der Waals surface area contributed by atoms with Crippen LogP contribution in [0.2, 0.25) is 0 Å². The van der Waals surface area contributed by atoms with E-state index in [4.69, 9.17) is 4.74 Å². The van der Waals surface area contributed by atoms with E-state index < -0.39 is 0 Å². The van der Waals surface area contributed by atoms with Gasteiger partial charge in [-0.15, -0.1) is 10.2 Å². The molecule has 0 aliphatic carbocycles. The second-order valence-corrected chi connectivity index (χ2v) is 6.58. The van der Waals surface area contributed by atoms with Gasteiger partial charge in [-0.2, -0.15) is 0 Å². The van der Waals surface area contributed by atoms with Gasteiger partial charge in [0.05, 0.1) is 7.11 Å². The van der Waals surface area contributed by atoms with Crippen molar-refractivity contribution >= 4 is 17.4 Å². The third-order valence-electron chi connectivity index (χ3n) is 4.54. The Balaban J connectivity index is 1.52. The van der Waals surface area contributed by atoms with Gasteiger partial charge in [-0.05, 0) is 73.4 Å². The van der Waals surface area contributed by atoms with E-state index in [0.717, 1.165) is 30.0 Å². The molecule has 0 unspecified atom stereocenters. The molecule has 0 saturated carbocycles. The molecule has 0 aliphatic heterocycles. The van der Waals surface area contributed by atoms with Crippen LogP contribution in [0.25, 0.3) is 0 Å². The van der Waals surface area contributed by atoms with Gasteiger partial charge in [0.25, 0.3) is 5.91 Å². The molecule has 144 valence electrons. The zero-order chi connectivity index (χ0) is 19.9. The summed E-state index contributed by atoms with van der Waals surface area (Å²) in [6.45, 7) is 4.76. The first-order valence-electron chi connectivity index (χ1n) is 9.14. The highest BCUT2D eigenvalue weighted by atomic mass is 16.5. The molecule has 0 radical (unpaired) electrons. The van der Waals surface area contributed by atoms with Crippen LogP contribution in [-0.2, 0) is 6.42 Å². The predicted octanol–water partition coefficient (Wildman–Crippen LogP) is 4.01. The van der Waals surface area contributed by atoms with E-state index in [9.17, 15) is 4.79 Å². The molecular weight excluding hydrogens is 352 g/mol. The Kier molecular flexibility index (Phi) is 6.22. The Labute approximate surface area is 165 Å². The summed E-state index contributed by atoms with van der Waals surface area (Å²) in [5.41, 5.74) is 4.53. The molecule has 3 aromatic rings. The number of carbonyl (C=O) groups excluding carboxylic acids is 1. The first-order valence-corrected chi connectivity index (χ1v) is 9.14. The molecule has 0 fully saturated rings. The number of rotatable bonds is 7. The van der Waals surface area contributed by atoms with Crippen LogP contribution in [0.1, 0.15) is 27.2 Å². The van der Waals surface area contributed by atoms with E-state index >= 15 is 0 Å². The number of carbonyl (C=O) groups is 1. The van der Waals surface area contributed by atoms with Crippen LogP contribution < -0.4 is 15.4 Å². The van der Waals surface area contributed by atoms with Crippen LogP contribution >= 0.6 is 0 Å². The average Bonchev–Trinajstić information content (AvgIpc) is 2.72. The number of nitrogens with zero attached hydrogens (tertiary/aromatic N) is 2. The summed E-state index contributed by atoms with van der Waals surface area (Å²) in [5.74, 6) is 1.20. The highest BCUT2D eigenvalue weighted by molar-refractivity contribution is 6.02. The van der Waals surface area contributed by atoms with Gasteiger partial charge < -0.3 is 15.4 Å². The number of ether oxygens (including phenoxy) is 1. The molecule has 6 heteroatoms. The monoisotopic (exact) mass is 376 g/mol. The molecule has 28 heavy (non-hydrogen) atoms. The molecule has 3 rings (SSSR count). The maximum Gasteiger partial charge on any atom is 0.276 e.